The van der Waals surface area contributed by atoms with Crippen LogP contribution < -0.4 is 10.1 Å². The molecule has 0 aliphatic carbocycles. The molecule has 0 bridgehead atoms. The van der Waals surface area contributed by atoms with Crippen molar-refractivity contribution in [1.29, 1.82) is 0 Å². The van der Waals surface area contributed by atoms with Gasteiger partial charge in [-0.25, -0.2) is 0 Å². The number of hydrogen-bond acceptors (Lipinski definition) is 5. The highest BCUT2D eigenvalue weighted by molar-refractivity contribution is 5.90. The third-order valence-corrected chi connectivity index (χ3v) is 3.42. The molecule has 24 heavy (non-hydrogen) atoms. The topological polar surface area (TPSA) is 77.2 Å². The molecule has 0 unspecified atom stereocenters. The molecule has 1 N–H and O–H groups in total. The predicted molar refractivity (Wildman–Crippen MR) is 89.7 cm³/mol. The molecule has 0 saturated carbocycles. The number of rotatable bonds is 6. The average Bonchev–Trinajstić information content (AvgIpc) is 3.10. The number of amides is 1. The molecule has 1 heterocycles. The van der Waals surface area contributed by atoms with Crippen LogP contribution in [0.15, 0.2) is 59.1 Å². The fraction of sp³-hybridized carbons (Fsp3) is 0.167. The zero-order valence-electron chi connectivity index (χ0n) is 13.2. The molecule has 0 atom stereocenters. The van der Waals surface area contributed by atoms with Gasteiger partial charge in [0.25, 0.3) is 0 Å². The van der Waals surface area contributed by atoms with Gasteiger partial charge in [0.15, 0.2) is 0 Å². The Bertz CT molecular complexity index is 815. The highest BCUT2D eigenvalue weighted by Gasteiger charge is 2.10. The number of methoxy groups -OCH3 is 1. The van der Waals surface area contributed by atoms with Gasteiger partial charge in [0, 0.05) is 30.2 Å². The van der Waals surface area contributed by atoms with Crippen LogP contribution in [0.3, 0.4) is 0 Å². The van der Waals surface area contributed by atoms with Crippen molar-refractivity contribution in [3.05, 3.63) is 60.5 Å². The molecule has 6 heteroatoms. The summed E-state index contributed by atoms with van der Waals surface area (Å²) in [5.74, 6) is 1.54. The van der Waals surface area contributed by atoms with Gasteiger partial charge in [-0.3, -0.25) is 4.79 Å². The van der Waals surface area contributed by atoms with Gasteiger partial charge in [0.2, 0.25) is 17.6 Å². The minimum absolute atomic E-state index is 0.122. The van der Waals surface area contributed by atoms with Gasteiger partial charge in [0.05, 0.1) is 7.11 Å². The van der Waals surface area contributed by atoms with E-state index in [1.165, 1.54) is 0 Å². The summed E-state index contributed by atoms with van der Waals surface area (Å²) in [7, 11) is 1.58. The third-order valence-electron chi connectivity index (χ3n) is 3.42. The van der Waals surface area contributed by atoms with Gasteiger partial charge in [-0.15, -0.1) is 0 Å². The monoisotopic (exact) mass is 323 g/mol. The fourth-order valence-corrected chi connectivity index (χ4v) is 2.21. The Kier molecular flexibility index (Phi) is 4.86. The molecule has 2 aromatic carbocycles. The molecule has 0 spiro atoms. The van der Waals surface area contributed by atoms with Crippen molar-refractivity contribution < 1.29 is 14.1 Å². The number of aromatic nitrogens is 2. The zero-order chi connectivity index (χ0) is 16.8. The first-order valence-corrected chi connectivity index (χ1v) is 7.56. The summed E-state index contributed by atoms with van der Waals surface area (Å²) in [4.78, 5) is 16.3. The van der Waals surface area contributed by atoms with Gasteiger partial charge in [-0.2, -0.15) is 4.98 Å². The molecule has 0 saturated heterocycles. The van der Waals surface area contributed by atoms with Crippen LogP contribution in [0.5, 0.6) is 5.75 Å². The van der Waals surface area contributed by atoms with E-state index in [0.717, 1.165) is 5.56 Å². The lowest BCUT2D eigenvalue weighted by Gasteiger charge is -2.06. The molecular weight excluding hydrogens is 306 g/mol. The molecule has 6 nitrogen and oxygen atoms in total. The second-order valence-corrected chi connectivity index (χ2v) is 5.16. The predicted octanol–water partition coefficient (Wildman–Crippen LogP) is 3.32. The lowest BCUT2D eigenvalue weighted by atomic mass is 10.2. The summed E-state index contributed by atoms with van der Waals surface area (Å²) in [6, 6.07) is 16.8. The van der Waals surface area contributed by atoms with Crippen LogP contribution in [0.2, 0.25) is 0 Å². The SMILES string of the molecule is COc1cccc(NC(=O)CCc2nc(-c3ccccc3)no2)c1. The van der Waals surface area contributed by atoms with Crippen molar-refractivity contribution >= 4 is 11.6 Å². The molecule has 0 aliphatic heterocycles. The van der Waals surface area contributed by atoms with Crippen molar-refractivity contribution in [2.45, 2.75) is 12.8 Å². The lowest BCUT2D eigenvalue weighted by molar-refractivity contribution is -0.116. The van der Waals surface area contributed by atoms with E-state index >= 15 is 0 Å². The summed E-state index contributed by atoms with van der Waals surface area (Å²) in [6.07, 6.45) is 0.642. The quantitative estimate of drug-likeness (QED) is 0.753. The Labute approximate surface area is 139 Å². The number of benzene rings is 2. The maximum absolute atomic E-state index is 12.0. The van der Waals surface area contributed by atoms with Gasteiger partial charge in [-0.1, -0.05) is 41.6 Å². The summed E-state index contributed by atoms with van der Waals surface area (Å²) in [5, 5.41) is 6.75. The van der Waals surface area contributed by atoms with E-state index < -0.39 is 0 Å². The largest absolute Gasteiger partial charge is 0.497 e. The molecule has 3 aromatic rings. The fourth-order valence-electron chi connectivity index (χ4n) is 2.21. The first-order valence-electron chi connectivity index (χ1n) is 7.56. The first kappa shape index (κ1) is 15.7. The molecule has 0 fully saturated rings. The van der Waals surface area contributed by atoms with Crippen molar-refractivity contribution in [3.8, 4) is 17.1 Å². The molecule has 122 valence electrons. The number of carbonyl (C=O) groups is 1. The number of anilines is 1. The minimum atomic E-state index is -0.122. The van der Waals surface area contributed by atoms with Crippen LogP contribution in [0.1, 0.15) is 12.3 Å². The van der Waals surface area contributed by atoms with Gasteiger partial charge >= 0.3 is 0 Å². The highest BCUT2D eigenvalue weighted by atomic mass is 16.5. The van der Waals surface area contributed by atoms with E-state index in [2.05, 4.69) is 15.5 Å². The van der Waals surface area contributed by atoms with Crippen LogP contribution in [-0.2, 0) is 11.2 Å². The molecule has 3 rings (SSSR count). The van der Waals surface area contributed by atoms with E-state index in [-0.39, 0.29) is 12.3 Å². The standard InChI is InChI=1S/C18H17N3O3/c1-23-15-9-5-8-14(12-15)19-16(22)10-11-17-20-18(21-24-17)13-6-3-2-4-7-13/h2-9,12H,10-11H2,1H3,(H,19,22). The Balaban J connectivity index is 1.56. The average molecular weight is 323 g/mol. The number of nitrogens with one attached hydrogen (secondary N) is 1. The zero-order valence-corrected chi connectivity index (χ0v) is 13.2. The molecule has 1 aromatic heterocycles. The van der Waals surface area contributed by atoms with Gasteiger partial charge < -0.3 is 14.6 Å². The van der Waals surface area contributed by atoms with Crippen molar-refractivity contribution in [2.24, 2.45) is 0 Å². The summed E-state index contributed by atoms with van der Waals surface area (Å²) in [5.41, 5.74) is 1.57. The van der Waals surface area contributed by atoms with Crippen LogP contribution in [0, 0.1) is 0 Å². The minimum Gasteiger partial charge on any atom is -0.497 e. The second-order valence-electron chi connectivity index (χ2n) is 5.16. The van der Waals surface area contributed by atoms with E-state index in [1.807, 2.05) is 42.5 Å². The number of aryl methyl sites for hydroxylation is 1. The maximum Gasteiger partial charge on any atom is 0.227 e. The summed E-state index contributed by atoms with van der Waals surface area (Å²) < 4.78 is 10.3. The van der Waals surface area contributed by atoms with Crippen molar-refractivity contribution in [3.63, 3.8) is 0 Å². The van der Waals surface area contributed by atoms with Gasteiger partial charge in [0.1, 0.15) is 5.75 Å². The van der Waals surface area contributed by atoms with E-state index in [1.54, 1.807) is 19.2 Å². The number of hydrogen-bond donors (Lipinski definition) is 1. The summed E-state index contributed by atoms with van der Waals surface area (Å²) in [6.45, 7) is 0. The van der Waals surface area contributed by atoms with E-state index in [9.17, 15) is 4.79 Å². The Morgan fingerprint density at radius 1 is 1.17 bits per heavy atom. The molecular formula is C18H17N3O3. The third kappa shape index (κ3) is 3.98. The smallest absolute Gasteiger partial charge is 0.227 e. The molecule has 1 amide bonds. The van der Waals surface area contributed by atoms with Crippen molar-refractivity contribution in [2.75, 3.05) is 12.4 Å². The van der Waals surface area contributed by atoms with Crippen molar-refractivity contribution in [1.82, 2.24) is 10.1 Å². The van der Waals surface area contributed by atoms with Crippen LogP contribution in [0.25, 0.3) is 11.4 Å². The Morgan fingerprint density at radius 3 is 2.79 bits per heavy atom. The van der Waals surface area contributed by atoms with Crippen LogP contribution >= 0.6 is 0 Å². The second kappa shape index (κ2) is 7.41. The van der Waals surface area contributed by atoms with Crippen LogP contribution in [0.4, 0.5) is 5.69 Å². The van der Waals surface area contributed by atoms with Crippen LogP contribution in [-0.4, -0.2) is 23.2 Å². The Hall–Kier alpha value is -3.15. The number of ether oxygens (including phenoxy) is 1. The number of carbonyl (C=O) groups excluding carboxylic acids is 1. The normalized spacial score (nSPS) is 10.4. The Morgan fingerprint density at radius 2 is 2.00 bits per heavy atom. The highest BCUT2D eigenvalue weighted by Crippen LogP contribution is 2.18. The summed E-state index contributed by atoms with van der Waals surface area (Å²) >= 11 is 0. The van der Waals surface area contributed by atoms with E-state index in [4.69, 9.17) is 9.26 Å². The molecule has 0 aliphatic rings. The van der Waals surface area contributed by atoms with E-state index in [0.29, 0.717) is 29.6 Å². The first-order chi connectivity index (χ1) is 11.7. The molecule has 0 radical (unpaired) electrons. The van der Waals surface area contributed by atoms with Gasteiger partial charge in [-0.05, 0) is 12.1 Å². The maximum atomic E-state index is 12.0. The lowest BCUT2D eigenvalue weighted by Crippen LogP contribution is -2.12. The number of nitrogens with zero attached hydrogens (tertiary/aromatic N) is 2.